The molecule has 164 valence electrons. The van der Waals surface area contributed by atoms with Crippen LogP contribution < -0.4 is 19.7 Å². The highest BCUT2D eigenvalue weighted by atomic mass is 16.5. The third-order valence-corrected chi connectivity index (χ3v) is 5.95. The second-order valence-corrected chi connectivity index (χ2v) is 7.80. The highest BCUT2D eigenvalue weighted by Gasteiger charge is 2.37. The Morgan fingerprint density at radius 3 is 2.00 bits per heavy atom. The van der Waals surface area contributed by atoms with Crippen molar-refractivity contribution in [2.24, 2.45) is 0 Å². The first-order chi connectivity index (χ1) is 15.6. The molecule has 1 fully saturated rings. The molecule has 32 heavy (non-hydrogen) atoms. The van der Waals surface area contributed by atoms with Crippen LogP contribution in [0.5, 0.6) is 11.5 Å². The average Bonchev–Trinajstić information content (AvgIpc) is 3.40. The number of carbonyl (C=O) groups excluding carboxylic acids is 2. The van der Waals surface area contributed by atoms with E-state index >= 15 is 0 Å². The fraction of sp³-hybridized carbons (Fsp3) is 0.304. The monoisotopic (exact) mass is 433 g/mol. The number of fused-ring (bicyclic) bond motifs is 1. The number of ether oxygens (including phenoxy) is 2. The molecule has 2 aliphatic rings. The summed E-state index contributed by atoms with van der Waals surface area (Å²) in [5.74, 6) is 1.64. The highest BCUT2D eigenvalue weighted by Crippen LogP contribution is 2.39. The summed E-state index contributed by atoms with van der Waals surface area (Å²) in [5.41, 5.74) is 2.11. The molecule has 0 saturated carbocycles. The molecule has 2 aliphatic heterocycles. The van der Waals surface area contributed by atoms with Crippen LogP contribution in [0.1, 0.15) is 42.5 Å². The number of nitrogens with zero attached hydrogens (tertiary/aromatic N) is 4. The summed E-state index contributed by atoms with van der Waals surface area (Å²) >= 11 is 0. The lowest BCUT2D eigenvalue weighted by molar-refractivity contribution is -0.121. The van der Waals surface area contributed by atoms with E-state index in [1.165, 1.54) is 0 Å². The number of hydrogen-bond donors (Lipinski definition) is 1. The van der Waals surface area contributed by atoms with Crippen LogP contribution in [0.15, 0.2) is 48.5 Å². The first-order valence-corrected chi connectivity index (χ1v) is 10.4. The quantitative estimate of drug-likeness (QED) is 0.618. The summed E-state index contributed by atoms with van der Waals surface area (Å²) in [6.07, 6.45) is 1.08. The number of imide groups is 1. The number of anilines is 2. The number of amides is 2. The standard InChI is InChI=1S/C23H23N5O4/c1-31-16-7-3-14(4-8-16)18-13-19(15-5-9-17(32-2)10-6-15)28-22(24-18)25-23(26-28)27-20(29)11-12-21(27)30/h3-10,18-19H,11-13H2,1-2H3,(H,24,25,26)/t18-,19+/m1/s1. The molecule has 2 amide bonds. The molecule has 0 spiro atoms. The molecule has 9 nitrogen and oxygen atoms in total. The van der Waals surface area contributed by atoms with Gasteiger partial charge in [-0.3, -0.25) is 9.59 Å². The Bertz CT molecular complexity index is 1140. The number of methoxy groups -OCH3 is 2. The van der Waals surface area contributed by atoms with Crippen LogP contribution in [-0.2, 0) is 9.59 Å². The van der Waals surface area contributed by atoms with E-state index in [0.29, 0.717) is 12.4 Å². The van der Waals surface area contributed by atoms with Crippen molar-refractivity contribution >= 4 is 23.7 Å². The minimum atomic E-state index is -0.273. The molecule has 5 rings (SSSR count). The van der Waals surface area contributed by atoms with E-state index in [1.807, 2.05) is 48.5 Å². The van der Waals surface area contributed by atoms with Crippen molar-refractivity contribution in [1.82, 2.24) is 14.8 Å². The van der Waals surface area contributed by atoms with E-state index in [1.54, 1.807) is 18.9 Å². The second-order valence-electron chi connectivity index (χ2n) is 7.80. The molecule has 9 heteroatoms. The van der Waals surface area contributed by atoms with Gasteiger partial charge in [0.15, 0.2) is 0 Å². The van der Waals surface area contributed by atoms with E-state index in [0.717, 1.165) is 27.5 Å². The van der Waals surface area contributed by atoms with Crippen molar-refractivity contribution in [3.05, 3.63) is 59.7 Å². The van der Waals surface area contributed by atoms with Gasteiger partial charge in [0.1, 0.15) is 11.5 Å². The van der Waals surface area contributed by atoms with E-state index < -0.39 is 0 Å². The number of aromatic nitrogens is 3. The Hall–Kier alpha value is -3.88. The maximum absolute atomic E-state index is 12.2. The van der Waals surface area contributed by atoms with Gasteiger partial charge in [0, 0.05) is 12.8 Å². The number of nitrogens with one attached hydrogen (secondary N) is 1. The van der Waals surface area contributed by atoms with Gasteiger partial charge in [0.2, 0.25) is 17.8 Å². The fourth-order valence-electron chi connectivity index (χ4n) is 4.22. The van der Waals surface area contributed by atoms with Gasteiger partial charge in [0.25, 0.3) is 5.95 Å². The Kier molecular flexibility index (Phi) is 5.01. The number of rotatable bonds is 5. The van der Waals surface area contributed by atoms with Crippen molar-refractivity contribution in [3.8, 4) is 11.5 Å². The Balaban J connectivity index is 1.55. The van der Waals surface area contributed by atoms with Crippen molar-refractivity contribution in [3.63, 3.8) is 0 Å². The Morgan fingerprint density at radius 1 is 0.875 bits per heavy atom. The first-order valence-electron chi connectivity index (χ1n) is 10.4. The highest BCUT2D eigenvalue weighted by molar-refractivity contribution is 6.18. The molecule has 1 N–H and O–H groups in total. The maximum Gasteiger partial charge on any atom is 0.260 e. The van der Waals surface area contributed by atoms with Crippen LogP contribution in [0.4, 0.5) is 11.9 Å². The third kappa shape index (κ3) is 3.45. The Morgan fingerprint density at radius 2 is 1.44 bits per heavy atom. The molecule has 1 aromatic heterocycles. The lowest BCUT2D eigenvalue weighted by Crippen LogP contribution is -2.30. The van der Waals surface area contributed by atoms with Crippen LogP contribution >= 0.6 is 0 Å². The molecular formula is C23H23N5O4. The van der Waals surface area contributed by atoms with Gasteiger partial charge >= 0.3 is 0 Å². The van der Waals surface area contributed by atoms with Gasteiger partial charge in [-0.1, -0.05) is 24.3 Å². The smallest absolute Gasteiger partial charge is 0.260 e. The number of hydrogen-bond acceptors (Lipinski definition) is 7. The van der Waals surface area contributed by atoms with Crippen molar-refractivity contribution < 1.29 is 19.1 Å². The Labute approximate surface area is 185 Å². The normalized spacial score (nSPS) is 20.1. The largest absolute Gasteiger partial charge is 0.497 e. The van der Waals surface area contributed by atoms with Crippen molar-refractivity contribution in [2.75, 3.05) is 24.4 Å². The third-order valence-electron chi connectivity index (χ3n) is 5.95. The molecule has 0 bridgehead atoms. The van der Waals surface area contributed by atoms with Crippen LogP contribution in [0, 0.1) is 0 Å². The zero-order valence-electron chi connectivity index (χ0n) is 17.8. The summed E-state index contributed by atoms with van der Waals surface area (Å²) in [6, 6.07) is 15.5. The zero-order valence-corrected chi connectivity index (χ0v) is 17.8. The van der Waals surface area contributed by atoms with E-state index in [9.17, 15) is 9.59 Å². The first kappa shape index (κ1) is 20.0. The molecule has 0 unspecified atom stereocenters. The van der Waals surface area contributed by atoms with Crippen LogP contribution in [0.3, 0.4) is 0 Å². The lowest BCUT2D eigenvalue weighted by Gasteiger charge is -2.31. The predicted molar refractivity (Wildman–Crippen MR) is 117 cm³/mol. The summed E-state index contributed by atoms with van der Waals surface area (Å²) in [4.78, 5) is 30.1. The summed E-state index contributed by atoms with van der Waals surface area (Å²) in [5, 5.41) is 7.99. The van der Waals surface area contributed by atoms with Crippen LogP contribution in [0.25, 0.3) is 0 Å². The van der Waals surface area contributed by atoms with Gasteiger partial charge < -0.3 is 14.8 Å². The van der Waals surface area contributed by atoms with E-state index in [-0.39, 0.29) is 42.7 Å². The minimum absolute atomic E-state index is 0.0393. The maximum atomic E-state index is 12.2. The molecule has 0 aliphatic carbocycles. The SMILES string of the molecule is COc1ccc([C@H]2C[C@@H](c3ccc(OC)cc3)n3nc(N4C(=O)CCC4=O)nc3N2)cc1. The molecule has 0 radical (unpaired) electrons. The molecule has 2 atom stereocenters. The van der Waals surface area contributed by atoms with Crippen molar-refractivity contribution in [2.45, 2.75) is 31.3 Å². The molecule has 3 heterocycles. The van der Waals surface area contributed by atoms with Gasteiger partial charge in [-0.15, -0.1) is 5.10 Å². The molecule has 3 aromatic rings. The fourth-order valence-corrected chi connectivity index (χ4v) is 4.22. The average molecular weight is 433 g/mol. The van der Waals surface area contributed by atoms with E-state index in [2.05, 4.69) is 15.4 Å². The minimum Gasteiger partial charge on any atom is -0.497 e. The summed E-state index contributed by atoms with van der Waals surface area (Å²) in [7, 11) is 3.27. The van der Waals surface area contributed by atoms with E-state index in [4.69, 9.17) is 9.47 Å². The van der Waals surface area contributed by atoms with Gasteiger partial charge in [-0.25, -0.2) is 9.58 Å². The van der Waals surface area contributed by atoms with Crippen LogP contribution in [0.2, 0.25) is 0 Å². The number of benzene rings is 2. The zero-order chi connectivity index (χ0) is 22.2. The number of carbonyl (C=O) groups is 2. The van der Waals surface area contributed by atoms with Gasteiger partial charge in [-0.05, 0) is 41.8 Å². The van der Waals surface area contributed by atoms with Crippen LogP contribution in [-0.4, -0.2) is 40.8 Å². The molecule has 1 saturated heterocycles. The summed E-state index contributed by atoms with van der Waals surface area (Å²) < 4.78 is 12.3. The van der Waals surface area contributed by atoms with Gasteiger partial charge in [-0.2, -0.15) is 4.98 Å². The predicted octanol–water partition coefficient (Wildman–Crippen LogP) is 3.10. The van der Waals surface area contributed by atoms with Crippen molar-refractivity contribution in [1.29, 1.82) is 0 Å². The lowest BCUT2D eigenvalue weighted by atomic mass is 9.93. The molecular weight excluding hydrogens is 410 g/mol. The molecule has 2 aromatic carbocycles. The second kappa shape index (κ2) is 7.99. The summed E-state index contributed by atoms with van der Waals surface area (Å²) in [6.45, 7) is 0. The van der Waals surface area contributed by atoms with Gasteiger partial charge in [0.05, 0.1) is 26.3 Å². The topological polar surface area (TPSA) is 98.6 Å².